The largest absolute Gasteiger partial charge is 0.198 e. The summed E-state index contributed by atoms with van der Waals surface area (Å²) in [5.41, 5.74) is 0. The van der Waals surface area contributed by atoms with E-state index in [1.807, 2.05) is 0 Å². The van der Waals surface area contributed by atoms with Gasteiger partial charge in [0.25, 0.3) is 0 Å². The van der Waals surface area contributed by atoms with E-state index in [-0.39, 0.29) is 0 Å². The Balaban J connectivity index is 3.61. The average Bonchev–Trinajstić information content (AvgIpc) is 2.24. The molecule has 0 fully saturated rings. The standard InChI is InChI=1S/C12H16N3/c13-9-4-1-2-6-12(8-11-15)7-3-5-10-14/h8,12H,1-7H2. The average molecular weight is 202 g/mol. The van der Waals surface area contributed by atoms with E-state index in [0.717, 1.165) is 32.1 Å². The normalized spacial score (nSPS) is 11.0. The van der Waals surface area contributed by atoms with Gasteiger partial charge in [0.05, 0.1) is 24.6 Å². The summed E-state index contributed by atoms with van der Waals surface area (Å²) in [6.45, 7) is 0. The van der Waals surface area contributed by atoms with Crippen molar-refractivity contribution in [2.75, 3.05) is 0 Å². The molecule has 0 aromatic carbocycles. The van der Waals surface area contributed by atoms with Crippen LogP contribution in [0.25, 0.3) is 0 Å². The lowest BCUT2D eigenvalue weighted by molar-refractivity contribution is 0.482. The summed E-state index contributed by atoms with van der Waals surface area (Å²) >= 11 is 0. The van der Waals surface area contributed by atoms with Crippen LogP contribution in [0.4, 0.5) is 0 Å². The number of rotatable bonds is 8. The molecule has 0 rings (SSSR count). The highest BCUT2D eigenvalue weighted by Crippen LogP contribution is 2.18. The Bertz CT molecular complexity index is 264. The van der Waals surface area contributed by atoms with Gasteiger partial charge in [0.2, 0.25) is 0 Å². The fourth-order valence-corrected chi connectivity index (χ4v) is 1.47. The van der Waals surface area contributed by atoms with Crippen molar-refractivity contribution < 1.29 is 0 Å². The van der Waals surface area contributed by atoms with E-state index in [1.165, 1.54) is 0 Å². The van der Waals surface area contributed by atoms with Gasteiger partial charge in [-0.1, -0.05) is 6.42 Å². The van der Waals surface area contributed by atoms with Crippen molar-refractivity contribution in [2.45, 2.75) is 44.9 Å². The number of hydrogen-bond acceptors (Lipinski definition) is 3. The van der Waals surface area contributed by atoms with E-state index in [0.29, 0.717) is 18.8 Å². The van der Waals surface area contributed by atoms with Gasteiger partial charge in [-0.2, -0.15) is 15.8 Å². The van der Waals surface area contributed by atoms with E-state index in [9.17, 15) is 0 Å². The molecule has 0 bridgehead atoms. The number of hydrogen-bond donors (Lipinski definition) is 0. The second-order valence-corrected chi connectivity index (χ2v) is 3.51. The van der Waals surface area contributed by atoms with Gasteiger partial charge in [-0.05, 0) is 31.6 Å². The molecule has 0 aliphatic heterocycles. The molecule has 79 valence electrons. The topological polar surface area (TPSA) is 71.4 Å². The fraction of sp³-hybridized carbons (Fsp3) is 0.667. The van der Waals surface area contributed by atoms with Crippen LogP contribution in [-0.2, 0) is 0 Å². The summed E-state index contributed by atoms with van der Waals surface area (Å²) in [5, 5.41) is 25.3. The van der Waals surface area contributed by atoms with Gasteiger partial charge in [0.15, 0.2) is 0 Å². The first-order valence-corrected chi connectivity index (χ1v) is 5.32. The third-order valence-electron chi connectivity index (χ3n) is 2.29. The molecule has 0 aliphatic rings. The number of nitriles is 3. The maximum atomic E-state index is 8.57. The van der Waals surface area contributed by atoms with Crippen LogP contribution >= 0.6 is 0 Å². The summed E-state index contributed by atoms with van der Waals surface area (Å²) in [6.07, 6.45) is 7.44. The molecule has 1 unspecified atom stereocenters. The molecule has 3 nitrogen and oxygen atoms in total. The first kappa shape index (κ1) is 13.5. The van der Waals surface area contributed by atoms with Crippen molar-refractivity contribution in [3.63, 3.8) is 0 Å². The lowest BCUT2D eigenvalue weighted by Gasteiger charge is -2.11. The van der Waals surface area contributed by atoms with Crippen LogP contribution in [0.5, 0.6) is 0 Å². The molecule has 0 N–H and O–H groups in total. The van der Waals surface area contributed by atoms with Crippen LogP contribution in [0.15, 0.2) is 0 Å². The Labute approximate surface area is 91.9 Å². The highest BCUT2D eigenvalue weighted by molar-refractivity contribution is 4.96. The van der Waals surface area contributed by atoms with Gasteiger partial charge < -0.3 is 0 Å². The van der Waals surface area contributed by atoms with E-state index in [4.69, 9.17) is 15.8 Å². The molecular weight excluding hydrogens is 186 g/mol. The number of nitrogens with zero attached hydrogens (tertiary/aromatic N) is 3. The van der Waals surface area contributed by atoms with E-state index >= 15 is 0 Å². The van der Waals surface area contributed by atoms with Crippen LogP contribution in [-0.4, -0.2) is 0 Å². The maximum Gasteiger partial charge on any atom is 0.0672 e. The van der Waals surface area contributed by atoms with Crippen molar-refractivity contribution in [1.29, 1.82) is 15.8 Å². The third kappa shape index (κ3) is 8.79. The van der Waals surface area contributed by atoms with Crippen LogP contribution < -0.4 is 0 Å². The van der Waals surface area contributed by atoms with Gasteiger partial charge >= 0.3 is 0 Å². The summed E-state index contributed by atoms with van der Waals surface area (Å²) < 4.78 is 0. The van der Waals surface area contributed by atoms with E-state index < -0.39 is 0 Å². The van der Waals surface area contributed by atoms with Crippen LogP contribution in [0.3, 0.4) is 0 Å². The van der Waals surface area contributed by atoms with Crippen LogP contribution in [0, 0.1) is 46.3 Å². The molecular formula is C12H16N3. The van der Waals surface area contributed by atoms with Gasteiger partial charge in [-0.25, -0.2) is 0 Å². The van der Waals surface area contributed by atoms with Crippen LogP contribution in [0.1, 0.15) is 44.9 Å². The SMILES string of the molecule is N#C[CH]C(CCCC#N)CCCCC#N. The Morgan fingerprint density at radius 1 is 0.867 bits per heavy atom. The Kier molecular flexibility index (Phi) is 9.47. The zero-order valence-electron chi connectivity index (χ0n) is 8.95. The predicted octanol–water partition coefficient (Wildman–Crippen LogP) is 3.11. The molecule has 0 amide bonds. The first-order valence-electron chi connectivity index (χ1n) is 5.32. The Hall–Kier alpha value is -1.53. The molecule has 0 aromatic rings. The third-order valence-corrected chi connectivity index (χ3v) is 2.29. The molecule has 0 saturated heterocycles. The first-order chi connectivity index (χ1) is 7.35. The number of unbranched alkanes of at least 4 members (excludes halogenated alkanes) is 3. The van der Waals surface area contributed by atoms with Crippen molar-refractivity contribution in [1.82, 2.24) is 0 Å². The molecule has 0 heterocycles. The maximum absolute atomic E-state index is 8.57. The van der Waals surface area contributed by atoms with E-state index in [1.54, 1.807) is 6.42 Å². The zero-order chi connectivity index (χ0) is 11.4. The summed E-state index contributed by atoms with van der Waals surface area (Å²) in [4.78, 5) is 0. The highest BCUT2D eigenvalue weighted by Gasteiger charge is 2.08. The Morgan fingerprint density at radius 3 is 2.07 bits per heavy atom. The van der Waals surface area contributed by atoms with Gasteiger partial charge in [-0.3, -0.25) is 0 Å². The fourth-order valence-electron chi connectivity index (χ4n) is 1.47. The molecule has 1 radical (unpaired) electrons. The summed E-state index contributed by atoms with van der Waals surface area (Å²) in [5.74, 6) is 0.294. The smallest absolute Gasteiger partial charge is 0.0672 e. The minimum Gasteiger partial charge on any atom is -0.198 e. The highest BCUT2D eigenvalue weighted by atomic mass is 14.3. The zero-order valence-corrected chi connectivity index (χ0v) is 8.95. The lowest BCUT2D eigenvalue weighted by atomic mass is 9.93. The predicted molar refractivity (Wildman–Crippen MR) is 56.9 cm³/mol. The molecule has 1 atom stereocenters. The minimum atomic E-state index is 0.294. The molecule has 0 aromatic heterocycles. The Morgan fingerprint density at radius 2 is 1.47 bits per heavy atom. The van der Waals surface area contributed by atoms with Crippen molar-refractivity contribution in [2.24, 2.45) is 5.92 Å². The van der Waals surface area contributed by atoms with Crippen LogP contribution in [0.2, 0.25) is 0 Å². The van der Waals surface area contributed by atoms with Crippen molar-refractivity contribution >= 4 is 0 Å². The van der Waals surface area contributed by atoms with Gasteiger partial charge in [0.1, 0.15) is 0 Å². The van der Waals surface area contributed by atoms with Gasteiger partial charge in [0, 0.05) is 12.8 Å². The quantitative estimate of drug-likeness (QED) is 0.568. The monoisotopic (exact) mass is 202 g/mol. The molecule has 0 saturated carbocycles. The molecule has 0 aliphatic carbocycles. The second-order valence-electron chi connectivity index (χ2n) is 3.51. The van der Waals surface area contributed by atoms with Crippen molar-refractivity contribution in [3.05, 3.63) is 6.42 Å². The van der Waals surface area contributed by atoms with Crippen molar-refractivity contribution in [3.8, 4) is 18.2 Å². The summed E-state index contributed by atoms with van der Waals surface area (Å²) in [6, 6.07) is 6.27. The molecule has 0 spiro atoms. The minimum absolute atomic E-state index is 0.294. The second kappa shape index (κ2) is 10.6. The molecule has 15 heavy (non-hydrogen) atoms. The molecule has 3 heteroatoms. The van der Waals surface area contributed by atoms with E-state index in [2.05, 4.69) is 18.2 Å². The summed E-state index contributed by atoms with van der Waals surface area (Å²) in [7, 11) is 0. The van der Waals surface area contributed by atoms with Gasteiger partial charge in [-0.15, -0.1) is 0 Å². The lowest BCUT2D eigenvalue weighted by Crippen LogP contribution is -2.00.